The molecule has 32 heavy (non-hydrogen) atoms. The van der Waals surface area contributed by atoms with Crippen LogP contribution in [0.2, 0.25) is 0 Å². The van der Waals surface area contributed by atoms with Crippen LogP contribution in [0.5, 0.6) is 5.75 Å². The zero-order valence-corrected chi connectivity index (χ0v) is 18.6. The smallest absolute Gasteiger partial charge is 0.273 e. The van der Waals surface area contributed by atoms with Gasteiger partial charge in [-0.1, -0.05) is 35.9 Å². The molecular formula is C25H27N3O4. The van der Waals surface area contributed by atoms with Crippen LogP contribution in [0.25, 0.3) is 0 Å². The molecule has 1 aromatic heterocycles. The van der Waals surface area contributed by atoms with Crippen LogP contribution in [-0.2, 0) is 17.8 Å². The van der Waals surface area contributed by atoms with E-state index in [2.05, 4.69) is 40.6 Å². The molecule has 0 spiro atoms. The zero-order chi connectivity index (χ0) is 22.7. The average molecular weight is 434 g/mol. The van der Waals surface area contributed by atoms with Gasteiger partial charge in [-0.3, -0.25) is 9.59 Å². The van der Waals surface area contributed by atoms with Gasteiger partial charge in [-0.15, -0.1) is 0 Å². The van der Waals surface area contributed by atoms with Gasteiger partial charge in [-0.2, -0.15) is 0 Å². The summed E-state index contributed by atoms with van der Waals surface area (Å²) in [6.45, 7) is 6.81. The first-order valence-corrected chi connectivity index (χ1v) is 10.8. The first-order chi connectivity index (χ1) is 15.5. The summed E-state index contributed by atoms with van der Waals surface area (Å²) in [5, 5.41) is 2.69. The summed E-state index contributed by atoms with van der Waals surface area (Å²) in [6, 6.07) is 14.1. The Morgan fingerprint density at radius 2 is 2.00 bits per heavy atom. The predicted molar refractivity (Wildman–Crippen MR) is 119 cm³/mol. The van der Waals surface area contributed by atoms with Crippen LogP contribution in [0, 0.1) is 6.92 Å². The second-order valence-corrected chi connectivity index (χ2v) is 7.91. The van der Waals surface area contributed by atoms with Crippen molar-refractivity contribution in [2.24, 2.45) is 0 Å². The number of nitrogens with zero attached hydrogens (tertiary/aromatic N) is 2. The van der Waals surface area contributed by atoms with Crippen molar-refractivity contribution in [3.8, 4) is 5.75 Å². The second-order valence-electron chi connectivity index (χ2n) is 7.91. The van der Waals surface area contributed by atoms with E-state index in [0.29, 0.717) is 24.7 Å². The van der Waals surface area contributed by atoms with Crippen LogP contribution in [0.1, 0.15) is 58.5 Å². The number of hydrogen-bond donors (Lipinski definition) is 1. The molecular weight excluding hydrogens is 406 g/mol. The topological polar surface area (TPSA) is 84.7 Å². The van der Waals surface area contributed by atoms with E-state index in [-0.39, 0.29) is 30.2 Å². The van der Waals surface area contributed by atoms with E-state index in [4.69, 9.17) is 9.15 Å². The first-order valence-electron chi connectivity index (χ1n) is 10.8. The predicted octanol–water partition coefficient (Wildman–Crippen LogP) is 3.81. The van der Waals surface area contributed by atoms with Crippen molar-refractivity contribution in [2.75, 3.05) is 13.1 Å². The molecule has 0 saturated carbocycles. The highest BCUT2D eigenvalue weighted by molar-refractivity contribution is 5.91. The lowest BCUT2D eigenvalue weighted by Gasteiger charge is -2.37. The molecule has 0 bridgehead atoms. The summed E-state index contributed by atoms with van der Waals surface area (Å²) in [6.07, 6.45) is 2.13. The number of oxazole rings is 1. The van der Waals surface area contributed by atoms with Crippen LogP contribution < -0.4 is 10.1 Å². The number of nitrogens with one attached hydrogen (secondary N) is 1. The van der Waals surface area contributed by atoms with Gasteiger partial charge in [0, 0.05) is 20.0 Å². The Hall–Kier alpha value is -3.61. The zero-order valence-electron chi connectivity index (χ0n) is 18.6. The number of hydrogen-bond acceptors (Lipinski definition) is 5. The van der Waals surface area contributed by atoms with Crippen molar-refractivity contribution < 1.29 is 18.7 Å². The molecule has 0 radical (unpaired) electrons. The van der Waals surface area contributed by atoms with E-state index in [1.807, 2.05) is 30.9 Å². The Labute approximate surface area is 187 Å². The van der Waals surface area contributed by atoms with E-state index in [1.54, 1.807) is 6.92 Å². The van der Waals surface area contributed by atoms with E-state index >= 15 is 0 Å². The molecule has 2 aromatic carbocycles. The molecule has 0 aliphatic carbocycles. The molecule has 1 unspecified atom stereocenters. The lowest BCUT2D eigenvalue weighted by molar-refractivity contribution is -0.130. The Bertz CT molecular complexity index is 1120. The standard InChI is InChI=1S/C25H27N3O4/c1-4-26-25(30)22-14-32-23(27-22)15-31-20-10-9-18-11-12-28(17(3)29)24(21(18)13-20)19-7-5-16(2)6-8-19/h5-10,13-14,24H,4,11-12,15H2,1-3H3,(H,26,30). The number of benzene rings is 2. The minimum atomic E-state index is -0.276. The molecule has 1 aliphatic rings. The van der Waals surface area contributed by atoms with Crippen LogP contribution in [0.15, 0.2) is 53.1 Å². The van der Waals surface area contributed by atoms with Gasteiger partial charge >= 0.3 is 0 Å². The van der Waals surface area contributed by atoms with Gasteiger partial charge in [0.25, 0.3) is 5.91 Å². The fraction of sp³-hybridized carbons (Fsp3) is 0.320. The number of carbonyl (C=O) groups is 2. The van der Waals surface area contributed by atoms with E-state index < -0.39 is 0 Å². The van der Waals surface area contributed by atoms with Gasteiger partial charge in [-0.25, -0.2) is 4.98 Å². The fourth-order valence-electron chi connectivity index (χ4n) is 4.01. The van der Waals surface area contributed by atoms with E-state index in [9.17, 15) is 9.59 Å². The Balaban J connectivity index is 1.58. The fourth-order valence-corrected chi connectivity index (χ4v) is 4.01. The van der Waals surface area contributed by atoms with Gasteiger partial charge in [0.05, 0.1) is 6.04 Å². The molecule has 2 heterocycles. The summed E-state index contributed by atoms with van der Waals surface area (Å²) in [4.78, 5) is 30.4. The van der Waals surface area contributed by atoms with Crippen molar-refractivity contribution >= 4 is 11.8 Å². The molecule has 1 atom stereocenters. The summed E-state index contributed by atoms with van der Waals surface area (Å²) < 4.78 is 11.3. The molecule has 0 fully saturated rings. The van der Waals surface area contributed by atoms with Crippen molar-refractivity contribution in [1.29, 1.82) is 0 Å². The molecule has 0 saturated heterocycles. The van der Waals surface area contributed by atoms with Gasteiger partial charge in [-0.05, 0) is 49.1 Å². The van der Waals surface area contributed by atoms with Crippen LogP contribution >= 0.6 is 0 Å². The highest BCUT2D eigenvalue weighted by Gasteiger charge is 2.30. The average Bonchev–Trinajstić information content (AvgIpc) is 3.27. The van der Waals surface area contributed by atoms with Gasteiger partial charge in [0.2, 0.25) is 11.8 Å². The number of ether oxygens (including phenoxy) is 1. The Kier molecular flexibility index (Phi) is 6.25. The summed E-state index contributed by atoms with van der Waals surface area (Å²) in [5.41, 5.74) is 4.74. The highest BCUT2D eigenvalue weighted by atomic mass is 16.5. The van der Waals surface area contributed by atoms with E-state index in [0.717, 1.165) is 17.5 Å². The van der Waals surface area contributed by atoms with Crippen molar-refractivity contribution in [2.45, 2.75) is 39.8 Å². The maximum atomic E-state index is 12.4. The maximum Gasteiger partial charge on any atom is 0.273 e. The number of aryl methyl sites for hydroxylation is 1. The van der Waals surface area contributed by atoms with Crippen molar-refractivity contribution in [3.63, 3.8) is 0 Å². The Morgan fingerprint density at radius 3 is 2.72 bits per heavy atom. The highest BCUT2D eigenvalue weighted by Crippen LogP contribution is 2.37. The quantitative estimate of drug-likeness (QED) is 0.639. The third-order valence-electron chi connectivity index (χ3n) is 5.63. The number of rotatable bonds is 6. The lowest BCUT2D eigenvalue weighted by Crippen LogP contribution is -2.39. The Morgan fingerprint density at radius 1 is 1.22 bits per heavy atom. The largest absolute Gasteiger partial charge is 0.484 e. The van der Waals surface area contributed by atoms with Gasteiger partial charge in [0.15, 0.2) is 12.3 Å². The molecule has 7 nitrogen and oxygen atoms in total. The van der Waals surface area contributed by atoms with Crippen molar-refractivity contribution in [3.05, 3.63) is 82.6 Å². The van der Waals surface area contributed by atoms with Crippen molar-refractivity contribution in [1.82, 2.24) is 15.2 Å². The van der Waals surface area contributed by atoms with Gasteiger partial charge in [0.1, 0.15) is 12.0 Å². The maximum absolute atomic E-state index is 12.4. The molecule has 1 N–H and O–H groups in total. The molecule has 166 valence electrons. The molecule has 4 rings (SSSR count). The van der Waals surface area contributed by atoms with Crippen LogP contribution in [-0.4, -0.2) is 34.8 Å². The normalized spacial score (nSPS) is 15.2. The first kappa shape index (κ1) is 21.6. The minimum absolute atomic E-state index is 0.0465. The second kappa shape index (κ2) is 9.26. The summed E-state index contributed by atoms with van der Waals surface area (Å²) in [7, 11) is 0. The molecule has 1 aliphatic heterocycles. The van der Waals surface area contributed by atoms with E-state index in [1.165, 1.54) is 17.4 Å². The summed E-state index contributed by atoms with van der Waals surface area (Å²) in [5.74, 6) is 0.750. The summed E-state index contributed by atoms with van der Waals surface area (Å²) >= 11 is 0. The minimum Gasteiger partial charge on any atom is -0.484 e. The molecule has 2 amide bonds. The number of aromatic nitrogens is 1. The molecule has 7 heteroatoms. The number of carbonyl (C=O) groups excluding carboxylic acids is 2. The monoisotopic (exact) mass is 433 g/mol. The van der Waals surface area contributed by atoms with Gasteiger partial charge < -0.3 is 19.4 Å². The SMILES string of the molecule is CCNC(=O)c1coc(COc2ccc3c(c2)C(c2ccc(C)cc2)N(C(C)=O)CC3)n1. The number of amides is 2. The van der Waals surface area contributed by atoms with Crippen LogP contribution in [0.4, 0.5) is 0 Å². The third-order valence-corrected chi connectivity index (χ3v) is 5.63. The third kappa shape index (κ3) is 4.51. The van der Waals surface area contributed by atoms with Crippen LogP contribution in [0.3, 0.4) is 0 Å². The lowest BCUT2D eigenvalue weighted by atomic mass is 9.87. The molecule has 3 aromatic rings. The number of fused-ring (bicyclic) bond motifs is 1.